The maximum absolute atomic E-state index is 12.1. The molecule has 2 amide bonds. The minimum atomic E-state index is -1.12. The predicted octanol–water partition coefficient (Wildman–Crippen LogP) is 1.96. The van der Waals surface area contributed by atoms with E-state index in [1.165, 1.54) is 0 Å². The SMILES string of the molecule is CC(C)(C)OC(=O)N1CCN(CCOC(=O)N[C@@H](Cc2ccccc2)C(=O)O)CC1. The molecule has 1 atom stereocenters. The summed E-state index contributed by atoms with van der Waals surface area (Å²) < 4.78 is 10.5. The Bertz CT molecular complexity index is 711. The van der Waals surface area contributed by atoms with Crippen LogP contribution in [0.5, 0.6) is 0 Å². The molecule has 2 rings (SSSR count). The van der Waals surface area contributed by atoms with Gasteiger partial charge in [-0.25, -0.2) is 14.4 Å². The van der Waals surface area contributed by atoms with Crippen LogP contribution in [0.3, 0.4) is 0 Å². The van der Waals surface area contributed by atoms with Crippen LogP contribution in [-0.4, -0.2) is 84.0 Å². The topological polar surface area (TPSA) is 108 Å². The number of aliphatic carboxylic acids is 1. The van der Waals surface area contributed by atoms with E-state index in [2.05, 4.69) is 10.2 Å². The lowest BCUT2D eigenvalue weighted by molar-refractivity contribution is -0.139. The minimum absolute atomic E-state index is 0.135. The third kappa shape index (κ3) is 8.28. The molecular weight excluding hydrogens is 390 g/mol. The Balaban J connectivity index is 1.68. The molecule has 0 radical (unpaired) electrons. The molecule has 0 aliphatic carbocycles. The quantitative estimate of drug-likeness (QED) is 0.693. The smallest absolute Gasteiger partial charge is 0.410 e. The molecule has 0 aromatic heterocycles. The third-order valence-corrected chi connectivity index (χ3v) is 4.54. The number of nitrogens with one attached hydrogen (secondary N) is 1. The largest absolute Gasteiger partial charge is 0.480 e. The molecule has 1 aliphatic rings. The Morgan fingerprint density at radius 2 is 1.73 bits per heavy atom. The molecule has 1 aliphatic heterocycles. The standard InChI is InChI=1S/C21H31N3O6/c1-21(2,3)30-20(28)24-11-9-23(10-12-24)13-14-29-19(27)22-17(18(25)26)15-16-7-5-4-6-8-16/h4-8,17H,9-15H2,1-3H3,(H,22,27)(H,25,26)/t17-/m0/s1. The number of carboxylic acids is 1. The summed E-state index contributed by atoms with van der Waals surface area (Å²) in [7, 11) is 0. The molecule has 0 bridgehead atoms. The summed E-state index contributed by atoms with van der Waals surface area (Å²) in [5.74, 6) is -1.12. The van der Waals surface area contributed by atoms with E-state index in [0.717, 1.165) is 5.56 Å². The second-order valence-electron chi connectivity index (χ2n) is 8.17. The maximum atomic E-state index is 12.1. The first-order valence-corrected chi connectivity index (χ1v) is 10.0. The number of nitrogens with zero attached hydrogens (tertiary/aromatic N) is 2. The second kappa shape index (κ2) is 10.8. The fraction of sp³-hybridized carbons (Fsp3) is 0.571. The van der Waals surface area contributed by atoms with Crippen LogP contribution in [0.2, 0.25) is 0 Å². The number of alkyl carbamates (subject to hydrolysis) is 1. The monoisotopic (exact) mass is 421 g/mol. The van der Waals surface area contributed by atoms with E-state index in [4.69, 9.17) is 9.47 Å². The van der Waals surface area contributed by atoms with Crippen molar-refractivity contribution in [2.45, 2.75) is 38.8 Å². The van der Waals surface area contributed by atoms with E-state index in [1.807, 2.05) is 39.0 Å². The van der Waals surface area contributed by atoms with Gasteiger partial charge in [0.2, 0.25) is 0 Å². The van der Waals surface area contributed by atoms with Crippen molar-refractivity contribution >= 4 is 18.2 Å². The van der Waals surface area contributed by atoms with Gasteiger partial charge in [-0.15, -0.1) is 0 Å². The van der Waals surface area contributed by atoms with Crippen LogP contribution >= 0.6 is 0 Å². The molecule has 0 unspecified atom stereocenters. The molecule has 1 aromatic carbocycles. The van der Waals surface area contributed by atoms with Gasteiger partial charge in [-0.05, 0) is 26.3 Å². The summed E-state index contributed by atoms with van der Waals surface area (Å²) in [4.78, 5) is 39.2. The van der Waals surface area contributed by atoms with Crippen LogP contribution in [0.25, 0.3) is 0 Å². The first-order chi connectivity index (χ1) is 14.1. The van der Waals surface area contributed by atoms with Gasteiger partial charge in [-0.3, -0.25) is 4.90 Å². The van der Waals surface area contributed by atoms with Crippen molar-refractivity contribution in [2.24, 2.45) is 0 Å². The molecule has 1 saturated heterocycles. The minimum Gasteiger partial charge on any atom is -0.480 e. The van der Waals surface area contributed by atoms with Crippen molar-refractivity contribution in [3.63, 3.8) is 0 Å². The van der Waals surface area contributed by atoms with Crippen LogP contribution in [0, 0.1) is 0 Å². The highest BCUT2D eigenvalue weighted by atomic mass is 16.6. The van der Waals surface area contributed by atoms with Gasteiger partial charge in [0.05, 0.1) is 0 Å². The first-order valence-electron chi connectivity index (χ1n) is 10.0. The Morgan fingerprint density at radius 3 is 2.30 bits per heavy atom. The van der Waals surface area contributed by atoms with Crippen LogP contribution in [0.15, 0.2) is 30.3 Å². The van der Waals surface area contributed by atoms with Crippen molar-refractivity contribution in [1.82, 2.24) is 15.1 Å². The Hall–Kier alpha value is -2.81. The van der Waals surface area contributed by atoms with Crippen LogP contribution in [-0.2, 0) is 20.7 Å². The van der Waals surface area contributed by atoms with Crippen molar-refractivity contribution in [3.05, 3.63) is 35.9 Å². The molecule has 1 fully saturated rings. The summed E-state index contributed by atoms with van der Waals surface area (Å²) in [5, 5.41) is 11.7. The lowest BCUT2D eigenvalue weighted by Gasteiger charge is -2.35. The average Bonchev–Trinajstić information content (AvgIpc) is 2.67. The molecule has 1 aromatic rings. The second-order valence-corrected chi connectivity index (χ2v) is 8.17. The molecule has 0 saturated carbocycles. The van der Waals surface area contributed by atoms with Crippen LogP contribution in [0.4, 0.5) is 9.59 Å². The van der Waals surface area contributed by atoms with Gasteiger partial charge >= 0.3 is 18.2 Å². The molecule has 9 heteroatoms. The third-order valence-electron chi connectivity index (χ3n) is 4.54. The number of hydrogen-bond donors (Lipinski definition) is 2. The van der Waals surface area contributed by atoms with Crippen molar-refractivity contribution in [1.29, 1.82) is 0 Å². The molecule has 0 spiro atoms. The number of benzene rings is 1. The van der Waals surface area contributed by atoms with Crippen molar-refractivity contribution < 1.29 is 29.0 Å². The van der Waals surface area contributed by atoms with Gasteiger partial charge in [0.15, 0.2) is 0 Å². The zero-order valence-corrected chi connectivity index (χ0v) is 17.8. The average molecular weight is 421 g/mol. The van der Waals surface area contributed by atoms with E-state index in [1.54, 1.807) is 17.0 Å². The Labute approximate surface area is 176 Å². The number of ether oxygens (including phenoxy) is 2. The van der Waals surface area contributed by atoms with Gasteiger partial charge in [-0.1, -0.05) is 30.3 Å². The number of piperazine rings is 1. The zero-order valence-electron chi connectivity index (χ0n) is 17.8. The van der Waals surface area contributed by atoms with E-state index >= 15 is 0 Å². The Morgan fingerprint density at radius 1 is 1.10 bits per heavy atom. The summed E-state index contributed by atoms with van der Waals surface area (Å²) in [5.41, 5.74) is 0.289. The summed E-state index contributed by atoms with van der Waals surface area (Å²) >= 11 is 0. The molecule has 30 heavy (non-hydrogen) atoms. The van der Waals surface area contributed by atoms with Gasteiger partial charge in [0, 0.05) is 39.1 Å². The fourth-order valence-corrected chi connectivity index (χ4v) is 2.98. The zero-order chi connectivity index (χ0) is 22.1. The van der Waals surface area contributed by atoms with Crippen molar-refractivity contribution in [2.75, 3.05) is 39.3 Å². The van der Waals surface area contributed by atoms with E-state index in [-0.39, 0.29) is 19.1 Å². The van der Waals surface area contributed by atoms with Crippen LogP contribution < -0.4 is 5.32 Å². The normalized spacial score (nSPS) is 15.9. The van der Waals surface area contributed by atoms with Crippen molar-refractivity contribution in [3.8, 4) is 0 Å². The number of amides is 2. The number of carbonyl (C=O) groups excluding carboxylic acids is 2. The van der Waals surface area contributed by atoms with Gasteiger partial charge < -0.3 is 24.8 Å². The number of rotatable bonds is 7. The van der Waals surface area contributed by atoms with Gasteiger partial charge in [0.1, 0.15) is 18.2 Å². The summed E-state index contributed by atoms with van der Waals surface area (Å²) in [6, 6.07) is 8.02. The van der Waals surface area contributed by atoms with Gasteiger partial charge in [-0.2, -0.15) is 0 Å². The highest BCUT2D eigenvalue weighted by Gasteiger charge is 2.26. The predicted molar refractivity (Wildman–Crippen MR) is 110 cm³/mol. The van der Waals surface area contributed by atoms with E-state index in [0.29, 0.717) is 32.7 Å². The number of hydrogen-bond acceptors (Lipinski definition) is 6. The summed E-state index contributed by atoms with van der Waals surface area (Å²) in [6.45, 7) is 8.52. The molecule has 2 N–H and O–H groups in total. The molecule has 9 nitrogen and oxygen atoms in total. The highest BCUT2D eigenvalue weighted by molar-refractivity contribution is 5.80. The molecular formula is C21H31N3O6. The molecule has 166 valence electrons. The summed E-state index contributed by atoms with van der Waals surface area (Å²) in [6.07, 6.45) is -0.903. The lowest BCUT2D eigenvalue weighted by Crippen LogP contribution is -2.50. The lowest BCUT2D eigenvalue weighted by atomic mass is 10.1. The van der Waals surface area contributed by atoms with E-state index in [9.17, 15) is 19.5 Å². The Kier molecular flexibility index (Phi) is 8.46. The van der Waals surface area contributed by atoms with Gasteiger partial charge in [0.25, 0.3) is 0 Å². The highest BCUT2D eigenvalue weighted by Crippen LogP contribution is 2.11. The molecule has 1 heterocycles. The van der Waals surface area contributed by atoms with E-state index < -0.39 is 23.7 Å². The fourth-order valence-electron chi connectivity index (χ4n) is 2.98. The maximum Gasteiger partial charge on any atom is 0.410 e. The number of carbonyl (C=O) groups is 3. The number of carboxylic acid groups (broad SMARTS) is 1. The van der Waals surface area contributed by atoms with Crippen LogP contribution in [0.1, 0.15) is 26.3 Å². The first kappa shape index (κ1) is 23.5.